The lowest BCUT2D eigenvalue weighted by Crippen LogP contribution is -2.47. The Kier molecular flexibility index (Phi) is 23.8. The molecule has 1 aromatic carbocycles. The maximum Gasteiger partial charge on any atom is 0.485 e. The molecule has 0 aliphatic rings. The van der Waals surface area contributed by atoms with E-state index in [1.807, 2.05) is 192 Å². The molecule has 4 aromatic heterocycles. The Labute approximate surface area is 446 Å². The zero-order chi connectivity index (χ0) is 62.5. The Hall–Kier alpha value is -7.56. The van der Waals surface area contributed by atoms with Crippen LogP contribution in [0.5, 0.6) is 0 Å². The van der Waals surface area contributed by atoms with Crippen molar-refractivity contribution in [3.8, 4) is 22.7 Å². The summed E-state index contributed by atoms with van der Waals surface area (Å²) in [4.78, 5) is 14.5. The van der Waals surface area contributed by atoms with E-state index < -0.39 is 62.5 Å². The van der Waals surface area contributed by atoms with Crippen molar-refractivity contribution in [2.75, 3.05) is 76.0 Å². The van der Waals surface area contributed by atoms with Gasteiger partial charge in [0.15, 0.2) is 90.0 Å². The van der Waals surface area contributed by atoms with E-state index in [-0.39, 0.29) is 11.4 Å². The van der Waals surface area contributed by atoms with E-state index in [1.165, 1.54) is 0 Å². The van der Waals surface area contributed by atoms with Gasteiger partial charge < -0.3 is 37.8 Å². The summed E-state index contributed by atoms with van der Waals surface area (Å²) in [6, 6.07) is 15.9. The lowest BCUT2D eigenvalue weighted by molar-refractivity contribution is -0.661. The van der Waals surface area contributed by atoms with Crippen LogP contribution in [0.1, 0.15) is 0 Å². The molecule has 26 nitrogen and oxygen atoms in total. The second-order valence-electron chi connectivity index (χ2n) is 15.5. The highest BCUT2D eigenvalue weighted by atomic mass is 32.2. The first-order chi connectivity index (χ1) is 36.0. The normalized spacial score (nSPS) is 11.9. The number of anilines is 4. The molecular weight excluding hydrogens is 1200 g/mol. The summed E-state index contributed by atoms with van der Waals surface area (Å²) in [6.45, 7) is 0. The Morgan fingerprint density at radius 2 is 0.500 bits per heavy atom. The summed E-state index contributed by atoms with van der Waals surface area (Å²) < 4.78 is 243. The van der Waals surface area contributed by atoms with Gasteiger partial charge >= 0.3 is 44.8 Å². The SMILES string of the molecule is CN(C)c1cc[n+](-c2c(N=[N+]=[N-])c(N=[N+]=[N-])c(-[n+]3ccc(N(C)C)cc3)c(-[n+]3ccc(N(C)C)cc3)c2-[n+]2ccc(N(C)C)cc2)cc1.O=S(=O)([O-])C(F)(F)F.O=S(=O)([O-])C(F)(F)F.O=S(=O)([O-])C(F)(F)F.O=S(=O)([O-])C(F)(F)F. The van der Waals surface area contributed by atoms with Crippen molar-refractivity contribution in [2.45, 2.75) is 22.0 Å². The molecule has 0 aliphatic carbocycles. The van der Waals surface area contributed by atoms with Crippen LogP contribution in [0.25, 0.3) is 43.6 Å². The van der Waals surface area contributed by atoms with Crippen LogP contribution in [0.15, 0.2) is 108 Å². The molecule has 5 aromatic rings. The molecule has 42 heteroatoms. The Morgan fingerprint density at radius 1 is 0.362 bits per heavy atom. The fourth-order valence-electron chi connectivity index (χ4n) is 5.39. The predicted octanol–water partition coefficient (Wildman–Crippen LogP) is 5.15. The van der Waals surface area contributed by atoms with Crippen LogP contribution in [0.3, 0.4) is 0 Å². The first-order valence-electron chi connectivity index (χ1n) is 20.2. The van der Waals surface area contributed by atoms with Crippen LogP contribution in [-0.4, -0.2) is 130 Å². The van der Waals surface area contributed by atoms with Gasteiger partial charge in [-0.05, 0) is 11.1 Å². The Bertz CT molecular complexity index is 3180. The van der Waals surface area contributed by atoms with Gasteiger partial charge in [0.05, 0.1) is 0 Å². The van der Waals surface area contributed by atoms with E-state index >= 15 is 0 Å². The van der Waals surface area contributed by atoms with Crippen molar-refractivity contribution in [2.24, 2.45) is 10.2 Å². The summed E-state index contributed by atoms with van der Waals surface area (Å²) in [6.07, 6.45) is 15.5. The number of hydrogen-bond acceptors (Lipinski definition) is 18. The molecule has 80 heavy (non-hydrogen) atoms. The fraction of sp³-hybridized carbons (Fsp3) is 0.316. The molecule has 0 spiro atoms. The van der Waals surface area contributed by atoms with Gasteiger partial charge in [0.1, 0.15) is 11.4 Å². The van der Waals surface area contributed by atoms with Crippen molar-refractivity contribution in [1.82, 2.24) is 0 Å². The zero-order valence-electron chi connectivity index (χ0n) is 41.6. The number of pyridine rings is 4. The van der Waals surface area contributed by atoms with Gasteiger partial charge in [0, 0.05) is 137 Å². The van der Waals surface area contributed by atoms with Gasteiger partial charge in [-0.1, -0.05) is 10.2 Å². The number of rotatable bonds is 10. The van der Waals surface area contributed by atoms with Crippen LogP contribution in [0.2, 0.25) is 0 Å². The number of halogens is 12. The molecule has 0 amide bonds. The molecule has 0 aliphatic heterocycles. The molecule has 442 valence electrons. The molecule has 4 heterocycles. The highest BCUT2D eigenvalue weighted by molar-refractivity contribution is 7.87. The molecule has 5 rings (SSSR count). The maximum absolute atomic E-state index is 10.7. The molecule has 0 saturated carbocycles. The lowest BCUT2D eigenvalue weighted by Gasteiger charge is -2.15. The molecular formula is C38H40F12N14O12S4. The van der Waals surface area contributed by atoms with E-state index in [0.29, 0.717) is 22.7 Å². The quantitative estimate of drug-likeness (QED) is 0.0332. The summed E-state index contributed by atoms with van der Waals surface area (Å²) in [5.41, 5.74) is 4.09. The largest absolute Gasteiger partial charge is 0.741 e. The van der Waals surface area contributed by atoms with E-state index in [1.54, 1.807) is 0 Å². The van der Waals surface area contributed by atoms with Crippen molar-refractivity contribution in [3.63, 3.8) is 0 Å². The number of aromatic nitrogens is 4. The minimum atomic E-state index is -6.09. The third-order valence-corrected chi connectivity index (χ3v) is 11.4. The van der Waals surface area contributed by atoms with Gasteiger partial charge in [0.2, 0.25) is 0 Å². The van der Waals surface area contributed by atoms with Crippen molar-refractivity contribution < 1.29 is 123 Å². The number of azide groups is 2. The van der Waals surface area contributed by atoms with E-state index in [2.05, 4.69) is 20.1 Å². The molecule has 0 atom stereocenters. The van der Waals surface area contributed by atoms with Gasteiger partial charge in [0.25, 0.3) is 0 Å². The number of benzene rings is 1. The number of nitrogens with zero attached hydrogens (tertiary/aromatic N) is 14. The molecule has 0 N–H and O–H groups in total. The summed E-state index contributed by atoms with van der Waals surface area (Å²) in [5, 5.41) is 8.44. The smallest absolute Gasteiger partial charge is 0.485 e. The first kappa shape index (κ1) is 70.5. The van der Waals surface area contributed by atoms with Crippen LogP contribution >= 0.6 is 0 Å². The number of hydrogen-bond donors (Lipinski definition) is 0. The molecule has 0 fully saturated rings. The highest BCUT2D eigenvalue weighted by Crippen LogP contribution is 2.43. The molecule has 0 radical (unpaired) electrons. The average Bonchev–Trinajstić information content (AvgIpc) is 3.30. The zero-order valence-corrected chi connectivity index (χ0v) is 44.8. The second-order valence-corrected chi connectivity index (χ2v) is 21.0. The fourth-order valence-corrected chi connectivity index (χ4v) is 5.39. The standard InChI is InChI=1S/C34H40N14.4CHF3O3S/c1-41(2)25-9-17-45(18-10-25)31-29(37-39-35)30(38-40-36)32(46-19-11-26(12-20-46)42(3)4)34(48-23-15-28(16-24-48)44(7)8)33(31)47-21-13-27(14-22-47)43(5)6;4*2-1(3,4)8(5,6)7/h9-24H,1-8H3;4*(H,5,6,7)/q+4;;;;/p-4. The summed E-state index contributed by atoms with van der Waals surface area (Å²) in [7, 11) is -8.53. The van der Waals surface area contributed by atoms with Crippen molar-refractivity contribution in [1.29, 1.82) is 0 Å². The Morgan fingerprint density at radius 3 is 0.613 bits per heavy atom. The third kappa shape index (κ3) is 20.0. The minimum Gasteiger partial charge on any atom is -0.741 e. The first-order valence-corrected chi connectivity index (χ1v) is 25.9. The number of alkyl halides is 12. The third-order valence-electron chi connectivity index (χ3n) is 9.11. The van der Waals surface area contributed by atoms with E-state index in [9.17, 15) is 63.7 Å². The highest BCUT2D eigenvalue weighted by Gasteiger charge is 2.45. The van der Waals surface area contributed by atoms with Crippen LogP contribution in [-0.2, 0) is 40.5 Å². The van der Waals surface area contributed by atoms with Crippen LogP contribution < -0.4 is 37.9 Å². The van der Waals surface area contributed by atoms with Gasteiger partial charge in [-0.15, -0.1) is 0 Å². The Balaban J connectivity index is 0.000000806. The van der Waals surface area contributed by atoms with Crippen LogP contribution in [0.4, 0.5) is 86.8 Å². The van der Waals surface area contributed by atoms with Crippen LogP contribution in [0, 0.1) is 0 Å². The average molecular weight is 1240 g/mol. The maximum atomic E-state index is 10.7. The lowest BCUT2D eigenvalue weighted by atomic mass is 10.1. The van der Waals surface area contributed by atoms with Crippen molar-refractivity contribution in [3.05, 3.63) is 119 Å². The minimum absolute atomic E-state index is 0.172. The summed E-state index contributed by atoms with van der Waals surface area (Å²) in [5.74, 6) is 0. The van der Waals surface area contributed by atoms with E-state index in [0.717, 1.165) is 22.7 Å². The van der Waals surface area contributed by atoms with E-state index in [4.69, 9.17) is 51.9 Å². The molecule has 0 bridgehead atoms. The topological polar surface area (TPSA) is 355 Å². The van der Waals surface area contributed by atoms with Crippen molar-refractivity contribution >= 4 is 74.6 Å². The molecule has 0 saturated heterocycles. The predicted molar refractivity (Wildman–Crippen MR) is 250 cm³/mol. The second kappa shape index (κ2) is 27.1. The van der Waals surface area contributed by atoms with Gasteiger partial charge in [-0.2, -0.15) is 71.0 Å². The monoisotopic (exact) mass is 1240 g/mol. The molecule has 0 unspecified atom stereocenters. The summed E-state index contributed by atoms with van der Waals surface area (Å²) >= 11 is 0. The van der Waals surface area contributed by atoms with Gasteiger partial charge in [-0.3, -0.25) is 0 Å². The van der Waals surface area contributed by atoms with Gasteiger partial charge in [-0.25, -0.2) is 33.7 Å².